The zero-order chi connectivity index (χ0) is 19.1. The van der Waals surface area contributed by atoms with Gasteiger partial charge < -0.3 is 0 Å². The summed E-state index contributed by atoms with van der Waals surface area (Å²) >= 11 is 0. The summed E-state index contributed by atoms with van der Waals surface area (Å²) in [6.07, 6.45) is 14.9. The van der Waals surface area contributed by atoms with Crippen LogP contribution in [-0.4, -0.2) is 4.98 Å². The number of hydrogen-bond acceptors (Lipinski definition) is 1. The normalized spacial score (nSPS) is 20.0. The van der Waals surface area contributed by atoms with Gasteiger partial charge in [0.05, 0.1) is 0 Å². The maximum absolute atomic E-state index is 13.4. The van der Waals surface area contributed by atoms with Gasteiger partial charge in [0.2, 0.25) is 5.95 Å². The van der Waals surface area contributed by atoms with Gasteiger partial charge in [-0.15, -0.1) is 0 Å². The molecule has 0 saturated heterocycles. The maximum atomic E-state index is 13.4. The molecule has 0 aliphatic heterocycles. The molecule has 0 spiro atoms. The van der Waals surface area contributed by atoms with Gasteiger partial charge in [0.1, 0.15) is 0 Å². The summed E-state index contributed by atoms with van der Waals surface area (Å²) in [5, 5.41) is 0. The Morgan fingerprint density at radius 3 is 2.26 bits per heavy atom. The van der Waals surface area contributed by atoms with Crippen molar-refractivity contribution < 1.29 is 8.78 Å². The Hall–Kier alpha value is -1.77. The van der Waals surface area contributed by atoms with E-state index < -0.39 is 11.8 Å². The first-order valence-corrected chi connectivity index (χ1v) is 10.6. The molecule has 0 bridgehead atoms. The van der Waals surface area contributed by atoms with Crippen molar-refractivity contribution in [2.45, 2.75) is 77.0 Å². The van der Waals surface area contributed by atoms with Gasteiger partial charge in [0, 0.05) is 11.8 Å². The van der Waals surface area contributed by atoms with Gasteiger partial charge in [0.25, 0.3) is 0 Å². The van der Waals surface area contributed by atoms with Crippen LogP contribution in [0.5, 0.6) is 0 Å². The number of aromatic nitrogens is 1. The Balaban J connectivity index is 1.49. The van der Waals surface area contributed by atoms with Crippen molar-refractivity contribution >= 4 is 0 Å². The van der Waals surface area contributed by atoms with Gasteiger partial charge in [-0.3, -0.25) is 0 Å². The third-order valence-corrected chi connectivity index (χ3v) is 6.07. The highest BCUT2D eigenvalue weighted by atomic mass is 19.2. The standard InChI is InChI=1S/C24H31F2N/c1-2-3-4-5-6-7-18-8-10-19(11-9-18)20-12-14-21(15-13-20)22-16-23(25)24(26)27-17-22/h12-19H,2-11H2,1H3/t18-,19-. The van der Waals surface area contributed by atoms with E-state index in [9.17, 15) is 8.78 Å². The second kappa shape index (κ2) is 9.96. The maximum Gasteiger partial charge on any atom is 0.248 e. The summed E-state index contributed by atoms with van der Waals surface area (Å²) in [5.41, 5.74) is 2.87. The highest BCUT2D eigenvalue weighted by Crippen LogP contribution is 2.38. The van der Waals surface area contributed by atoms with E-state index in [1.165, 1.54) is 82.0 Å². The van der Waals surface area contributed by atoms with Crippen LogP contribution in [0.1, 0.15) is 82.6 Å². The minimum Gasteiger partial charge on any atom is -0.225 e. The molecule has 1 aromatic carbocycles. The lowest BCUT2D eigenvalue weighted by molar-refractivity contribution is 0.302. The number of halogens is 2. The van der Waals surface area contributed by atoms with E-state index in [0.717, 1.165) is 11.5 Å². The summed E-state index contributed by atoms with van der Waals surface area (Å²) in [7, 11) is 0. The number of pyridine rings is 1. The number of nitrogens with zero attached hydrogens (tertiary/aromatic N) is 1. The van der Waals surface area contributed by atoms with Crippen LogP contribution >= 0.6 is 0 Å². The highest BCUT2D eigenvalue weighted by molar-refractivity contribution is 5.62. The molecule has 0 atom stereocenters. The topological polar surface area (TPSA) is 12.9 Å². The van der Waals surface area contributed by atoms with Gasteiger partial charge in [0.15, 0.2) is 5.82 Å². The summed E-state index contributed by atoms with van der Waals surface area (Å²) < 4.78 is 26.4. The van der Waals surface area contributed by atoms with Crippen LogP contribution in [0.3, 0.4) is 0 Å². The lowest BCUT2D eigenvalue weighted by Crippen LogP contribution is -2.13. The molecule has 1 aromatic heterocycles. The van der Waals surface area contributed by atoms with E-state index in [4.69, 9.17) is 0 Å². The number of unbranched alkanes of at least 4 members (excludes halogenated alkanes) is 4. The quantitative estimate of drug-likeness (QED) is 0.343. The van der Waals surface area contributed by atoms with E-state index >= 15 is 0 Å². The first-order valence-electron chi connectivity index (χ1n) is 10.6. The molecule has 27 heavy (non-hydrogen) atoms. The molecule has 0 N–H and O–H groups in total. The second-order valence-corrected chi connectivity index (χ2v) is 8.04. The third kappa shape index (κ3) is 5.60. The van der Waals surface area contributed by atoms with Crippen molar-refractivity contribution in [3.05, 3.63) is 53.9 Å². The molecular weight excluding hydrogens is 340 g/mol. The van der Waals surface area contributed by atoms with Crippen molar-refractivity contribution in [3.8, 4) is 11.1 Å². The largest absolute Gasteiger partial charge is 0.248 e. The monoisotopic (exact) mass is 371 g/mol. The van der Waals surface area contributed by atoms with E-state index in [2.05, 4.69) is 24.0 Å². The van der Waals surface area contributed by atoms with Crippen LogP contribution in [0.4, 0.5) is 8.78 Å². The molecule has 0 radical (unpaired) electrons. The number of hydrogen-bond donors (Lipinski definition) is 0. The molecule has 0 unspecified atom stereocenters. The lowest BCUT2D eigenvalue weighted by Gasteiger charge is -2.29. The van der Waals surface area contributed by atoms with E-state index in [1.807, 2.05) is 12.1 Å². The number of benzene rings is 1. The Labute approximate surface area is 162 Å². The first-order chi connectivity index (χ1) is 13.2. The average Bonchev–Trinajstić information content (AvgIpc) is 2.71. The van der Waals surface area contributed by atoms with Crippen molar-refractivity contribution in [2.24, 2.45) is 5.92 Å². The second-order valence-electron chi connectivity index (χ2n) is 8.04. The van der Waals surface area contributed by atoms with Gasteiger partial charge in [-0.25, -0.2) is 9.37 Å². The SMILES string of the molecule is CCCCCCC[C@H]1CC[C@H](c2ccc(-c3cnc(F)c(F)c3)cc2)CC1. The summed E-state index contributed by atoms with van der Waals surface area (Å²) in [5.74, 6) is -0.393. The van der Waals surface area contributed by atoms with Crippen molar-refractivity contribution in [2.75, 3.05) is 0 Å². The molecule has 1 aliphatic carbocycles. The Morgan fingerprint density at radius 1 is 0.889 bits per heavy atom. The van der Waals surface area contributed by atoms with Crippen LogP contribution in [0.2, 0.25) is 0 Å². The highest BCUT2D eigenvalue weighted by Gasteiger charge is 2.22. The zero-order valence-electron chi connectivity index (χ0n) is 16.4. The van der Waals surface area contributed by atoms with Crippen molar-refractivity contribution in [1.82, 2.24) is 4.98 Å². The average molecular weight is 372 g/mol. The van der Waals surface area contributed by atoms with Gasteiger partial charge >= 0.3 is 0 Å². The predicted molar refractivity (Wildman–Crippen MR) is 108 cm³/mol. The van der Waals surface area contributed by atoms with Crippen LogP contribution in [0.25, 0.3) is 11.1 Å². The van der Waals surface area contributed by atoms with E-state index in [1.54, 1.807) is 0 Å². The molecule has 1 fully saturated rings. The molecular formula is C24H31F2N. The molecule has 1 heterocycles. The van der Waals surface area contributed by atoms with Crippen LogP contribution in [0.15, 0.2) is 36.5 Å². The molecule has 2 aromatic rings. The van der Waals surface area contributed by atoms with Gasteiger partial charge in [-0.05, 0) is 54.7 Å². The Morgan fingerprint density at radius 2 is 1.59 bits per heavy atom. The molecule has 0 amide bonds. The van der Waals surface area contributed by atoms with Crippen molar-refractivity contribution in [1.29, 1.82) is 0 Å². The minimum absolute atomic E-state index is 0.618. The van der Waals surface area contributed by atoms with Gasteiger partial charge in [-0.2, -0.15) is 4.39 Å². The molecule has 1 aliphatic rings. The van der Waals surface area contributed by atoms with E-state index in [0.29, 0.717) is 11.5 Å². The Kier molecular flexibility index (Phi) is 7.37. The molecule has 3 rings (SSSR count). The number of rotatable bonds is 8. The summed E-state index contributed by atoms with van der Waals surface area (Å²) in [4.78, 5) is 3.47. The van der Waals surface area contributed by atoms with Gasteiger partial charge in [-0.1, -0.05) is 69.7 Å². The fraction of sp³-hybridized carbons (Fsp3) is 0.542. The summed E-state index contributed by atoms with van der Waals surface area (Å²) in [6, 6.07) is 9.51. The first kappa shape index (κ1) is 20.0. The van der Waals surface area contributed by atoms with E-state index in [-0.39, 0.29) is 0 Å². The predicted octanol–water partition coefficient (Wildman–Crippen LogP) is 7.66. The minimum atomic E-state index is -1.04. The Bertz CT molecular complexity index is 703. The summed E-state index contributed by atoms with van der Waals surface area (Å²) in [6.45, 7) is 2.27. The van der Waals surface area contributed by atoms with Crippen LogP contribution < -0.4 is 0 Å². The molecule has 1 saturated carbocycles. The molecule has 3 heteroatoms. The molecule has 146 valence electrons. The van der Waals surface area contributed by atoms with Crippen LogP contribution in [0, 0.1) is 17.7 Å². The van der Waals surface area contributed by atoms with Crippen LogP contribution in [-0.2, 0) is 0 Å². The third-order valence-electron chi connectivity index (χ3n) is 6.07. The zero-order valence-corrected chi connectivity index (χ0v) is 16.4. The van der Waals surface area contributed by atoms with Crippen molar-refractivity contribution in [3.63, 3.8) is 0 Å². The fourth-order valence-electron chi connectivity index (χ4n) is 4.35. The fourth-order valence-corrected chi connectivity index (χ4v) is 4.35. The smallest absolute Gasteiger partial charge is 0.225 e. The lowest BCUT2D eigenvalue weighted by atomic mass is 9.77. The molecule has 1 nitrogen and oxygen atoms in total.